The Morgan fingerprint density at radius 2 is 2.35 bits per heavy atom. The van der Waals surface area contributed by atoms with Crippen molar-refractivity contribution >= 4 is 23.2 Å². The lowest BCUT2D eigenvalue weighted by atomic mass is 10.1. The third-order valence-electron chi connectivity index (χ3n) is 3.06. The van der Waals surface area contributed by atoms with Gasteiger partial charge in [-0.25, -0.2) is 0 Å². The molecule has 0 bridgehead atoms. The summed E-state index contributed by atoms with van der Waals surface area (Å²) >= 11 is 1.54. The molecule has 0 spiro atoms. The third kappa shape index (κ3) is 3.45. The van der Waals surface area contributed by atoms with Crippen molar-refractivity contribution in [3.63, 3.8) is 0 Å². The standard InChI is InChI=1S/C14H16N2O3S/c1-2-12-14(19)15-13(18)8-16(12)7-11-6-10(9-20-11)4-3-5-17/h6,9,12,17H,2,5,7-8H2,1H3,(H,15,18,19). The maximum absolute atomic E-state index is 11.8. The van der Waals surface area contributed by atoms with E-state index in [1.807, 2.05) is 23.3 Å². The molecule has 2 rings (SSSR count). The lowest BCUT2D eigenvalue weighted by Gasteiger charge is -2.32. The molecule has 2 heterocycles. The number of rotatable bonds is 3. The zero-order chi connectivity index (χ0) is 14.5. The third-order valence-corrected chi connectivity index (χ3v) is 3.99. The molecule has 1 unspecified atom stereocenters. The first-order valence-electron chi connectivity index (χ1n) is 6.39. The molecule has 6 heteroatoms. The topological polar surface area (TPSA) is 69.6 Å². The molecule has 1 aliphatic rings. The monoisotopic (exact) mass is 292 g/mol. The number of amides is 2. The highest BCUT2D eigenvalue weighted by atomic mass is 32.1. The van der Waals surface area contributed by atoms with Gasteiger partial charge in [0.05, 0.1) is 12.6 Å². The summed E-state index contributed by atoms with van der Waals surface area (Å²) < 4.78 is 0. The Kier molecular flexibility index (Phi) is 4.90. The number of carbonyl (C=O) groups is 2. The fourth-order valence-corrected chi connectivity index (χ4v) is 3.04. The van der Waals surface area contributed by atoms with E-state index in [9.17, 15) is 9.59 Å². The number of hydrogen-bond acceptors (Lipinski definition) is 5. The van der Waals surface area contributed by atoms with Crippen molar-refractivity contribution < 1.29 is 14.7 Å². The molecule has 1 aromatic heterocycles. The van der Waals surface area contributed by atoms with Crippen molar-refractivity contribution in [2.45, 2.75) is 25.9 Å². The van der Waals surface area contributed by atoms with Gasteiger partial charge in [-0.2, -0.15) is 0 Å². The van der Waals surface area contributed by atoms with E-state index in [2.05, 4.69) is 17.2 Å². The van der Waals surface area contributed by atoms with E-state index in [0.29, 0.717) is 13.0 Å². The average molecular weight is 292 g/mol. The number of imide groups is 1. The Balaban J connectivity index is 2.09. The second kappa shape index (κ2) is 6.66. The number of thiophene rings is 1. The fourth-order valence-electron chi connectivity index (χ4n) is 2.20. The number of aliphatic hydroxyl groups excluding tert-OH is 1. The Hall–Kier alpha value is -1.68. The number of piperazine rings is 1. The van der Waals surface area contributed by atoms with Crippen LogP contribution >= 0.6 is 11.3 Å². The van der Waals surface area contributed by atoms with Crippen LogP contribution in [0.5, 0.6) is 0 Å². The van der Waals surface area contributed by atoms with Crippen LogP contribution in [0.3, 0.4) is 0 Å². The molecular weight excluding hydrogens is 276 g/mol. The minimum Gasteiger partial charge on any atom is -0.384 e. The molecule has 1 saturated heterocycles. The van der Waals surface area contributed by atoms with Gasteiger partial charge >= 0.3 is 0 Å². The van der Waals surface area contributed by atoms with Crippen molar-refractivity contribution in [3.05, 3.63) is 21.9 Å². The Morgan fingerprint density at radius 1 is 1.55 bits per heavy atom. The summed E-state index contributed by atoms with van der Waals surface area (Å²) in [6.07, 6.45) is 0.668. The van der Waals surface area contributed by atoms with Gasteiger partial charge in [0.1, 0.15) is 6.61 Å². The van der Waals surface area contributed by atoms with Gasteiger partial charge in [-0.15, -0.1) is 11.3 Å². The molecule has 1 aromatic rings. The smallest absolute Gasteiger partial charge is 0.243 e. The van der Waals surface area contributed by atoms with Crippen molar-refractivity contribution in [2.24, 2.45) is 0 Å². The molecule has 1 atom stereocenters. The van der Waals surface area contributed by atoms with Crippen LogP contribution in [-0.4, -0.2) is 41.0 Å². The quantitative estimate of drug-likeness (QED) is 0.622. The number of hydrogen-bond donors (Lipinski definition) is 2. The SMILES string of the molecule is CCC1C(=O)NC(=O)CN1Cc1cc(C#CCO)cs1. The number of carbonyl (C=O) groups excluding carboxylic acids is 2. The Morgan fingerprint density at radius 3 is 3.05 bits per heavy atom. The summed E-state index contributed by atoms with van der Waals surface area (Å²) in [7, 11) is 0. The summed E-state index contributed by atoms with van der Waals surface area (Å²) in [6.45, 7) is 2.56. The molecular formula is C14H16N2O3S. The number of nitrogens with one attached hydrogen (secondary N) is 1. The van der Waals surface area contributed by atoms with Gasteiger partial charge in [-0.05, 0) is 12.5 Å². The van der Waals surface area contributed by atoms with Crippen LogP contribution in [0.15, 0.2) is 11.4 Å². The minimum atomic E-state index is -0.262. The van der Waals surface area contributed by atoms with Crippen molar-refractivity contribution in [2.75, 3.05) is 13.2 Å². The summed E-state index contributed by atoms with van der Waals surface area (Å²) in [6, 6.07) is 1.67. The molecule has 0 radical (unpaired) electrons. The van der Waals surface area contributed by atoms with Gasteiger partial charge in [0.25, 0.3) is 0 Å². The molecule has 1 aliphatic heterocycles. The van der Waals surface area contributed by atoms with Crippen LogP contribution in [0.2, 0.25) is 0 Å². The van der Waals surface area contributed by atoms with Gasteiger partial charge in [-0.1, -0.05) is 18.8 Å². The second-order valence-electron chi connectivity index (χ2n) is 4.50. The highest BCUT2D eigenvalue weighted by Crippen LogP contribution is 2.19. The Labute approximate surface area is 121 Å². The van der Waals surface area contributed by atoms with Crippen LogP contribution < -0.4 is 5.32 Å². The molecule has 2 N–H and O–H groups in total. The Bertz CT molecular complexity index is 570. The zero-order valence-corrected chi connectivity index (χ0v) is 12.0. The van der Waals surface area contributed by atoms with Gasteiger partial charge in [-0.3, -0.25) is 19.8 Å². The fraction of sp³-hybridized carbons (Fsp3) is 0.429. The van der Waals surface area contributed by atoms with Crippen LogP contribution in [-0.2, 0) is 16.1 Å². The summed E-state index contributed by atoms with van der Waals surface area (Å²) in [5.41, 5.74) is 0.847. The lowest BCUT2D eigenvalue weighted by molar-refractivity contribution is -0.140. The van der Waals surface area contributed by atoms with Crippen LogP contribution in [0.25, 0.3) is 0 Å². The average Bonchev–Trinajstić information content (AvgIpc) is 2.83. The van der Waals surface area contributed by atoms with E-state index in [4.69, 9.17) is 5.11 Å². The normalized spacial score (nSPS) is 19.4. The van der Waals surface area contributed by atoms with Gasteiger partial charge in [0.15, 0.2) is 0 Å². The summed E-state index contributed by atoms with van der Waals surface area (Å²) in [5.74, 6) is 4.96. The van der Waals surface area contributed by atoms with E-state index < -0.39 is 0 Å². The predicted molar refractivity (Wildman–Crippen MR) is 75.9 cm³/mol. The van der Waals surface area contributed by atoms with Gasteiger partial charge in [0.2, 0.25) is 11.8 Å². The maximum atomic E-state index is 11.8. The van der Waals surface area contributed by atoms with Crippen LogP contribution in [0.4, 0.5) is 0 Å². The largest absolute Gasteiger partial charge is 0.384 e. The first kappa shape index (κ1) is 14.7. The van der Waals surface area contributed by atoms with Crippen molar-refractivity contribution in [3.8, 4) is 11.8 Å². The first-order valence-corrected chi connectivity index (χ1v) is 7.27. The number of nitrogens with zero attached hydrogens (tertiary/aromatic N) is 1. The highest BCUT2D eigenvalue weighted by molar-refractivity contribution is 7.10. The molecule has 20 heavy (non-hydrogen) atoms. The van der Waals surface area contributed by atoms with Crippen LogP contribution in [0, 0.1) is 11.8 Å². The second-order valence-corrected chi connectivity index (χ2v) is 5.50. The molecule has 106 valence electrons. The molecule has 0 saturated carbocycles. The van der Waals surface area contributed by atoms with E-state index in [-0.39, 0.29) is 31.0 Å². The van der Waals surface area contributed by atoms with Gasteiger partial charge in [0, 0.05) is 22.4 Å². The highest BCUT2D eigenvalue weighted by Gasteiger charge is 2.32. The first-order chi connectivity index (χ1) is 9.63. The van der Waals surface area contributed by atoms with Gasteiger partial charge < -0.3 is 5.11 Å². The predicted octanol–water partition coefficient (Wildman–Crippen LogP) is 0.329. The zero-order valence-electron chi connectivity index (χ0n) is 11.2. The summed E-state index contributed by atoms with van der Waals surface area (Å²) in [5, 5.41) is 12.9. The number of aliphatic hydroxyl groups is 1. The van der Waals surface area contributed by atoms with E-state index in [0.717, 1.165) is 10.4 Å². The van der Waals surface area contributed by atoms with E-state index in [1.54, 1.807) is 0 Å². The minimum absolute atomic E-state index is 0.163. The maximum Gasteiger partial charge on any atom is 0.243 e. The van der Waals surface area contributed by atoms with Crippen LogP contribution in [0.1, 0.15) is 23.8 Å². The molecule has 5 nitrogen and oxygen atoms in total. The molecule has 0 aliphatic carbocycles. The van der Waals surface area contributed by atoms with E-state index >= 15 is 0 Å². The van der Waals surface area contributed by atoms with Crippen molar-refractivity contribution in [1.29, 1.82) is 0 Å². The molecule has 1 fully saturated rings. The molecule has 0 aromatic carbocycles. The lowest BCUT2D eigenvalue weighted by Crippen LogP contribution is -2.57. The van der Waals surface area contributed by atoms with E-state index in [1.165, 1.54) is 11.3 Å². The van der Waals surface area contributed by atoms with Crippen molar-refractivity contribution in [1.82, 2.24) is 10.2 Å². The molecule has 2 amide bonds. The summed E-state index contributed by atoms with van der Waals surface area (Å²) in [4.78, 5) is 26.2.